The van der Waals surface area contributed by atoms with Crippen molar-refractivity contribution in [3.8, 4) is 0 Å². The van der Waals surface area contributed by atoms with E-state index in [1.54, 1.807) is 0 Å². The van der Waals surface area contributed by atoms with Gasteiger partial charge >= 0.3 is 5.97 Å². The van der Waals surface area contributed by atoms with Crippen LogP contribution in [0, 0.1) is 0 Å². The molecule has 0 amide bonds. The Morgan fingerprint density at radius 1 is 1.41 bits per heavy atom. The summed E-state index contributed by atoms with van der Waals surface area (Å²) in [5, 5.41) is 8.71. The number of unbranched alkanes of at least 4 members (excludes halogenated alkanes) is 2. The van der Waals surface area contributed by atoms with Gasteiger partial charge in [0.1, 0.15) is 9.09 Å². The summed E-state index contributed by atoms with van der Waals surface area (Å²) in [6, 6.07) is 2.61. The molecule has 0 spiro atoms. The van der Waals surface area contributed by atoms with E-state index in [1.807, 2.05) is 6.92 Å². The number of carboxylic acids is 1. The number of nitrogens with one attached hydrogen (secondary N) is 1. The van der Waals surface area contributed by atoms with Crippen LogP contribution in [0.2, 0.25) is 0 Å². The number of hydrogen-bond donors (Lipinski definition) is 2. The molecule has 2 N–H and O–H groups in total. The topological polar surface area (TPSA) is 83.5 Å². The normalized spacial score (nSPS) is 11.6. The third-order valence-electron chi connectivity index (χ3n) is 2.13. The summed E-state index contributed by atoms with van der Waals surface area (Å²) < 4.78 is 26.0. The smallest absolute Gasteiger partial charge is 0.345 e. The Bertz CT molecular complexity index is 478. The Morgan fingerprint density at radius 3 is 2.65 bits per heavy atom. The summed E-state index contributed by atoms with van der Waals surface area (Å²) in [4.78, 5) is 10.7. The van der Waals surface area contributed by atoms with Crippen molar-refractivity contribution in [1.29, 1.82) is 0 Å². The highest BCUT2D eigenvalue weighted by atomic mass is 32.2. The molecule has 0 atom stereocenters. The zero-order valence-electron chi connectivity index (χ0n) is 9.47. The number of carbonyl (C=O) groups is 1. The standard InChI is InChI=1S/C10H15NO4S2/c1-2-3-4-7-11-17(14,15)9-6-5-8(16-9)10(12)13/h5-6,11H,2-4,7H2,1H3,(H,12,13). The average molecular weight is 277 g/mol. The fourth-order valence-electron chi connectivity index (χ4n) is 1.23. The van der Waals surface area contributed by atoms with Crippen molar-refractivity contribution in [2.45, 2.75) is 30.4 Å². The van der Waals surface area contributed by atoms with Gasteiger partial charge in [-0.3, -0.25) is 0 Å². The molecule has 0 saturated carbocycles. The lowest BCUT2D eigenvalue weighted by atomic mass is 10.3. The van der Waals surface area contributed by atoms with E-state index in [-0.39, 0.29) is 9.09 Å². The number of rotatable bonds is 7. The Morgan fingerprint density at radius 2 is 2.12 bits per heavy atom. The molecule has 0 aliphatic rings. The van der Waals surface area contributed by atoms with Gasteiger partial charge in [0, 0.05) is 6.54 Å². The van der Waals surface area contributed by atoms with Crippen molar-refractivity contribution in [2.24, 2.45) is 0 Å². The van der Waals surface area contributed by atoms with Crippen LogP contribution in [-0.2, 0) is 10.0 Å². The Balaban J connectivity index is 2.66. The molecular formula is C10H15NO4S2. The third-order valence-corrected chi connectivity index (χ3v) is 5.16. The van der Waals surface area contributed by atoms with E-state index in [4.69, 9.17) is 5.11 Å². The molecule has 0 fully saturated rings. The quantitative estimate of drug-likeness (QED) is 0.746. The average Bonchev–Trinajstić information content (AvgIpc) is 2.74. The van der Waals surface area contributed by atoms with Crippen LogP contribution in [0.5, 0.6) is 0 Å². The third kappa shape index (κ3) is 4.10. The van der Waals surface area contributed by atoms with Crippen molar-refractivity contribution in [2.75, 3.05) is 6.54 Å². The van der Waals surface area contributed by atoms with Gasteiger partial charge < -0.3 is 5.11 Å². The van der Waals surface area contributed by atoms with Crippen LogP contribution < -0.4 is 4.72 Å². The highest BCUT2D eigenvalue weighted by molar-refractivity contribution is 7.91. The van der Waals surface area contributed by atoms with Crippen molar-refractivity contribution >= 4 is 27.3 Å². The zero-order valence-corrected chi connectivity index (χ0v) is 11.1. The van der Waals surface area contributed by atoms with Gasteiger partial charge in [0.05, 0.1) is 0 Å². The predicted molar refractivity (Wildman–Crippen MR) is 66.0 cm³/mol. The van der Waals surface area contributed by atoms with E-state index >= 15 is 0 Å². The first kappa shape index (κ1) is 14.1. The summed E-state index contributed by atoms with van der Waals surface area (Å²) in [6.07, 6.45) is 2.77. The molecule has 0 unspecified atom stereocenters. The van der Waals surface area contributed by atoms with E-state index in [1.165, 1.54) is 12.1 Å². The second-order valence-electron chi connectivity index (χ2n) is 3.53. The monoisotopic (exact) mass is 277 g/mol. The van der Waals surface area contributed by atoms with Crippen molar-refractivity contribution < 1.29 is 18.3 Å². The number of aromatic carboxylic acids is 1. The summed E-state index contributed by atoms with van der Waals surface area (Å²) >= 11 is 0.762. The number of thiophene rings is 1. The van der Waals surface area contributed by atoms with Crippen molar-refractivity contribution in [3.63, 3.8) is 0 Å². The van der Waals surface area contributed by atoms with Gasteiger partial charge in [-0.15, -0.1) is 11.3 Å². The van der Waals surface area contributed by atoms with Crippen LogP contribution in [0.3, 0.4) is 0 Å². The van der Waals surface area contributed by atoms with Crippen LogP contribution in [0.15, 0.2) is 16.3 Å². The molecule has 7 heteroatoms. The minimum Gasteiger partial charge on any atom is -0.477 e. The number of sulfonamides is 1. The van der Waals surface area contributed by atoms with Gasteiger partial charge in [0.25, 0.3) is 0 Å². The highest BCUT2D eigenvalue weighted by Crippen LogP contribution is 2.21. The maximum atomic E-state index is 11.7. The van der Waals surface area contributed by atoms with E-state index in [0.717, 1.165) is 30.6 Å². The number of carboxylic acid groups (broad SMARTS) is 1. The maximum Gasteiger partial charge on any atom is 0.345 e. The van der Waals surface area contributed by atoms with Crippen LogP contribution in [0.4, 0.5) is 0 Å². The summed E-state index contributed by atoms with van der Waals surface area (Å²) in [6.45, 7) is 2.42. The molecule has 1 aromatic rings. The molecule has 0 radical (unpaired) electrons. The molecule has 17 heavy (non-hydrogen) atoms. The van der Waals surface area contributed by atoms with E-state index in [0.29, 0.717) is 6.54 Å². The maximum absolute atomic E-state index is 11.7. The molecule has 0 aliphatic heterocycles. The summed E-state index contributed by atoms with van der Waals surface area (Å²) in [5.41, 5.74) is 0. The van der Waals surface area contributed by atoms with E-state index in [2.05, 4.69) is 4.72 Å². The lowest BCUT2D eigenvalue weighted by molar-refractivity contribution is 0.0702. The van der Waals surface area contributed by atoms with Gasteiger partial charge in [0.2, 0.25) is 10.0 Å². The van der Waals surface area contributed by atoms with Crippen LogP contribution in [-0.4, -0.2) is 26.0 Å². The lowest BCUT2D eigenvalue weighted by Crippen LogP contribution is -2.23. The minimum atomic E-state index is -3.55. The SMILES string of the molecule is CCCCCNS(=O)(=O)c1ccc(C(=O)O)s1. The minimum absolute atomic E-state index is 0.0268. The second kappa shape index (κ2) is 6.13. The first-order chi connectivity index (χ1) is 7.97. The van der Waals surface area contributed by atoms with Crippen LogP contribution in [0.1, 0.15) is 35.9 Å². The first-order valence-electron chi connectivity index (χ1n) is 5.30. The fraction of sp³-hybridized carbons (Fsp3) is 0.500. The molecule has 0 aromatic carbocycles. The van der Waals surface area contributed by atoms with Crippen molar-refractivity contribution in [3.05, 3.63) is 17.0 Å². The highest BCUT2D eigenvalue weighted by Gasteiger charge is 2.18. The van der Waals surface area contributed by atoms with E-state index in [9.17, 15) is 13.2 Å². The fourth-order valence-corrected chi connectivity index (χ4v) is 3.50. The number of hydrogen-bond acceptors (Lipinski definition) is 4. The zero-order chi connectivity index (χ0) is 12.9. The lowest BCUT2D eigenvalue weighted by Gasteiger charge is -2.03. The van der Waals surface area contributed by atoms with Crippen molar-refractivity contribution in [1.82, 2.24) is 4.72 Å². The summed E-state index contributed by atoms with van der Waals surface area (Å²) in [5.74, 6) is -1.11. The van der Waals surface area contributed by atoms with Gasteiger partial charge in [0.15, 0.2) is 0 Å². The van der Waals surface area contributed by atoms with Crippen LogP contribution >= 0.6 is 11.3 Å². The molecular weight excluding hydrogens is 262 g/mol. The molecule has 0 bridgehead atoms. The predicted octanol–water partition coefficient (Wildman–Crippen LogP) is 1.91. The largest absolute Gasteiger partial charge is 0.477 e. The summed E-state index contributed by atoms with van der Waals surface area (Å²) in [7, 11) is -3.55. The molecule has 1 rings (SSSR count). The molecule has 96 valence electrons. The molecule has 1 aromatic heterocycles. The van der Waals surface area contributed by atoms with E-state index < -0.39 is 16.0 Å². The molecule has 0 saturated heterocycles. The molecule has 5 nitrogen and oxygen atoms in total. The van der Waals surface area contributed by atoms with Crippen LogP contribution in [0.25, 0.3) is 0 Å². The first-order valence-corrected chi connectivity index (χ1v) is 7.60. The van der Waals surface area contributed by atoms with Gasteiger partial charge in [-0.1, -0.05) is 19.8 Å². The molecule has 0 aliphatic carbocycles. The second-order valence-corrected chi connectivity index (χ2v) is 6.61. The Labute approximate surface area is 105 Å². The Hall–Kier alpha value is -0.920. The molecule has 1 heterocycles. The van der Waals surface area contributed by atoms with Gasteiger partial charge in [-0.2, -0.15) is 0 Å². The van der Waals surface area contributed by atoms with Gasteiger partial charge in [-0.05, 0) is 18.6 Å². The Kier molecular flexibility index (Phi) is 5.10. The van der Waals surface area contributed by atoms with Gasteiger partial charge in [-0.25, -0.2) is 17.9 Å².